The Labute approximate surface area is 143 Å². The maximum absolute atomic E-state index is 13.0. The van der Waals surface area contributed by atoms with E-state index in [1.165, 1.54) is 0 Å². The highest BCUT2D eigenvalue weighted by Crippen LogP contribution is 2.46. The first kappa shape index (κ1) is 19.1. The van der Waals surface area contributed by atoms with E-state index in [4.69, 9.17) is 9.47 Å². The van der Waals surface area contributed by atoms with Gasteiger partial charge in [0.05, 0.1) is 24.8 Å². The zero-order valence-corrected chi connectivity index (χ0v) is 14.2. The largest absolute Gasteiger partial charge is 0.465 e. The van der Waals surface area contributed by atoms with Crippen molar-refractivity contribution in [2.75, 3.05) is 18.5 Å². The fraction of sp³-hybridized carbons (Fsp3) is 0.529. The lowest BCUT2D eigenvalue weighted by Crippen LogP contribution is -2.53. The first-order valence-electron chi connectivity index (χ1n) is 8.06. The van der Waals surface area contributed by atoms with Crippen LogP contribution >= 0.6 is 0 Å². The highest BCUT2D eigenvalue weighted by Gasteiger charge is 2.60. The molecule has 0 aromatic heterocycles. The number of hydrogen-bond acceptors (Lipinski definition) is 5. The molecule has 1 aromatic rings. The van der Waals surface area contributed by atoms with Gasteiger partial charge in [-0.3, -0.25) is 9.59 Å². The molecule has 0 radical (unpaired) electrons. The standard InChI is InChI=1S/C17H20F3NO4/c1-4-13-16(14(22)24-5-2,15(23)25-6-3)11-8-7-10(17(18,19)20)9-12(11)21-13/h7-9,13,21H,4-6H2,1-3H3. The highest BCUT2D eigenvalue weighted by molar-refractivity contribution is 6.10. The maximum atomic E-state index is 13.0. The van der Waals surface area contributed by atoms with E-state index < -0.39 is 35.1 Å². The molecule has 8 heteroatoms. The Balaban J connectivity index is 2.66. The predicted molar refractivity (Wildman–Crippen MR) is 84.1 cm³/mol. The van der Waals surface area contributed by atoms with Gasteiger partial charge in [0.25, 0.3) is 0 Å². The quantitative estimate of drug-likeness (QED) is 0.646. The molecule has 5 nitrogen and oxygen atoms in total. The molecule has 0 amide bonds. The average molecular weight is 359 g/mol. The summed E-state index contributed by atoms with van der Waals surface area (Å²) in [7, 11) is 0. The summed E-state index contributed by atoms with van der Waals surface area (Å²) < 4.78 is 49.1. The maximum Gasteiger partial charge on any atom is 0.416 e. The van der Waals surface area contributed by atoms with Crippen molar-refractivity contribution in [3.8, 4) is 0 Å². The SMILES string of the molecule is CCOC(=O)C1(C(=O)OCC)c2ccc(C(F)(F)F)cc2NC1CC. The molecule has 0 aliphatic carbocycles. The van der Waals surface area contributed by atoms with Crippen molar-refractivity contribution in [1.29, 1.82) is 0 Å². The summed E-state index contributed by atoms with van der Waals surface area (Å²) in [5.41, 5.74) is -2.45. The van der Waals surface area contributed by atoms with Gasteiger partial charge in [-0.1, -0.05) is 13.0 Å². The third-order valence-electron chi connectivity index (χ3n) is 4.23. The molecule has 0 bridgehead atoms. The summed E-state index contributed by atoms with van der Waals surface area (Å²) in [6.45, 7) is 4.97. The molecule has 0 saturated heterocycles. The Hall–Kier alpha value is -2.25. The first-order valence-corrected chi connectivity index (χ1v) is 8.06. The monoisotopic (exact) mass is 359 g/mol. The van der Waals surface area contributed by atoms with E-state index in [1.54, 1.807) is 20.8 Å². The Morgan fingerprint density at radius 2 is 1.68 bits per heavy atom. The lowest BCUT2D eigenvalue weighted by molar-refractivity contribution is -0.165. The summed E-state index contributed by atoms with van der Waals surface area (Å²) in [5.74, 6) is -1.65. The molecule has 1 aromatic carbocycles. The molecule has 138 valence electrons. The average Bonchev–Trinajstić information content (AvgIpc) is 2.88. The van der Waals surface area contributed by atoms with Gasteiger partial charge in [-0.2, -0.15) is 13.2 Å². The van der Waals surface area contributed by atoms with Crippen LogP contribution in [0.15, 0.2) is 18.2 Å². The number of nitrogens with one attached hydrogen (secondary N) is 1. The number of esters is 2. The van der Waals surface area contributed by atoms with Crippen molar-refractivity contribution in [3.05, 3.63) is 29.3 Å². The summed E-state index contributed by atoms with van der Waals surface area (Å²) in [4.78, 5) is 25.4. The van der Waals surface area contributed by atoms with E-state index in [-0.39, 0.29) is 24.5 Å². The van der Waals surface area contributed by atoms with Crippen LogP contribution in [0, 0.1) is 0 Å². The van der Waals surface area contributed by atoms with E-state index in [0.717, 1.165) is 18.2 Å². The van der Waals surface area contributed by atoms with E-state index in [2.05, 4.69) is 5.32 Å². The Kier molecular flexibility index (Phi) is 5.29. The first-order chi connectivity index (χ1) is 11.7. The van der Waals surface area contributed by atoms with Gasteiger partial charge in [-0.25, -0.2) is 0 Å². The lowest BCUT2D eigenvalue weighted by Gasteiger charge is -2.30. The van der Waals surface area contributed by atoms with Gasteiger partial charge in [-0.15, -0.1) is 0 Å². The molecule has 1 aliphatic heterocycles. The van der Waals surface area contributed by atoms with Crippen molar-refractivity contribution in [1.82, 2.24) is 0 Å². The Morgan fingerprint density at radius 1 is 1.12 bits per heavy atom. The number of fused-ring (bicyclic) bond motifs is 1. The van der Waals surface area contributed by atoms with E-state index >= 15 is 0 Å². The second kappa shape index (κ2) is 6.93. The van der Waals surface area contributed by atoms with E-state index in [9.17, 15) is 22.8 Å². The second-order valence-electron chi connectivity index (χ2n) is 5.61. The van der Waals surface area contributed by atoms with Gasteiger partial charge >= 0.3 is 18.1 Å². The van der Waals surface area contributed by atoms with E-state index in [0.29, 0.717) is 6.42 Å². The number of hydrogen-bond donors (Lipinski definition) is 1. The fourth-order valence-electron chi connectivity index (χ4n) is 3.15. The number of alkyl halides is 3. The number of rotatable bonds is 5. The van der Waals surface area contributed by atoms with Gasteiger partial charge in [0.15, 0.2) is 0 Å². The van der Waals surface area contributed by atoms with Crippen LogP contribution < -0.4 is 5.32 Å². The normalized spacial score (nSPS) is 18.2. The van der Waals surface area contributed by atoms with Crippen LogP contribution in [0.3, 0.4) is 0 Å². The van der Waals surface area contributed by atoms with Gasteiger partial charge in [0, 0.05) is 11.3 Å². The zero-order valence-electron chi connectivity index (χ0n) is 14.2. The van der Waals surface area contributed by atoms with Crippen LogP contribution in [-0.2, 0) is 30.7 Å². The summed E-state index contributed by atoms with van der Waals surface area (Å²) >= 11 is 0. The van der Waals surface area contributed by atoms with Crippen LogP contribution in [-0.4, -0.2) is 31.2 Å². The fourth-order valence-corrected chi connectivity index (χ4v) is 3.15. The lowest BCUT2D eigenvalue weighted by atomic mass is 9.75. The molecule has 1 N–H and O–H groups in total. The van der Waals surface area contributed by atoms with E-state index in [1.807, 2.05) is 0 Å². The molecule has 1 heterocycles. The van der Waals surface area contributed by atoms with Crippen LogP contribution in [0.25, 0.3) is 0 Å². The number of carbonyl (C=O) groups excluding carboxylic acids is 2. The zero-order chi connectivity index (χ0) is 18.8. The molecule has 1 aliphatic rings. The third kappa shape index (κ3) is 3.05. The molecule has 1 atom stereocenters. The van der Waals surface area contributed by atoms with Crippen LogP contribution in [0.4, 0.5) is 18.9 Å². The molecular weight excluding hydrogens is 339 g/mol. The third-order valence-corrected chi connectivity index (χ3v) is 4.23. The summed E-state index contributed by atoms with van der Waals surface area (Å²) in [6, 6.07) is 2.14. The minimum Gasteiger partial charge on any atom is -0.465 e. The van der Waals surface area contributed by atoms with Crippen molar-refractivity contribution in [2.45, 2.75) is 44.8 Å². The number of anilines is 1. The van der Waals surface area contributed by atoms with Gasteiger partial charge in [0.1, 0.15) is 0 Å². The van der Waals surface area contributed by atoms with Gasteiger partial charge < -0.3 is 14.8 Å². The van der Waals surface area contributed by atoms with Crippen molar-refractivity contribution < 1.29 is 32.2 Å². The Bertz CT molecular complexity index is 654. The predicted octanol–water partition coefficient (Wildman–Crippen LogP) is 3.27. The molecule has 0 fully saturated rings. The van der Waals surface area contributed by atoms with Crippen LogP contribution in [0.2, 0.25) is 0 Å². The van der Waals surface area contributed by atoms with Gasteiger partial charge in [0.2, 0.25) is 5.41 Å². The molecular formula is C17H20F3NO4. The summed E-state index contributed by atoms with van der Waals surface area (Å²) in [6.07, 6.45) is -4.22. The van der Waals surface area contributed by atoms with Crippen LogP contribution in [0.1, 0.15) is 38.3 Å². The minimum absolute atomic E-state index is 0.0341. The van der Waals surface area contributed by atoms with Crippen LogP contribution in [0.5, 0.6) is 0 Å². The highest BCUT2D eigenvalue weighted by atomic mass is 19.4. The van der Waals surface area contributed by atoms with Crippen molar-refractivity contribution >= 4 is 17.6 Å². The van der Waals surface area contributed by atoms with Crippen molar-refractivity contribution in [3.63, 3.8) is 0 Å². The number of ether oxygens (including phenoxy) is 2. The smallest absolute Gasteiger partial charge is 0.416 e. The molecule has 25 heavy (non-hydrogen) atoms. The molecule has 0 saturated carbocycles. The second-order valence-corrected chi connectivity index (χ2v) is 5.61. The molecule has 0 spiro atoms. The topological polar surface area (TPSA) is 64.6 Å². The van der Waals surface area contributed by atoms with Crippen molar-refractivity contribution in [2.24, 2.45) is 0 Å². The summed E-state index contributed by atoms with van der Waals surface area (Å²) in [5, 5.41) is 2.86. The number of carbonyl (C=O) groups is 2. The molecule has 2 rings (SSSR count). The number of benzene rings is 1. The molecule has 1 unspecified atom stereocenters. The minimum atomic E-state index is -4.53. The van der Waals surface area contributed by atoms with Gasteiger partial charge in [-0.05, 0) is 32.4 Å². The Morgan fingerprint density at radius 3 is 2.12 bits per heavy atom. The number of halogens is 3.